The molecule has 0 saturated heterocycles. The predicted molar refractivity (Wildman–Crippen MR) is 134 cm³/mol. The molecule has 14 heteroatoms. The maximum Gasteiger partial charge on any atom is 0.417 e. The highest BCUT2D eigenvalue weighted by Gasteiger charge is 2.36. The summed E-state index contributed by atoms with van der Waals surface area (Å²) in [5.74, 6) is -1.40. The Labute approximate surface area is 222 Å². The third kappa shape index (κ3) is 7.18. The van der Waals surface area contributed by atoms with Crippen LogP contribution in [0, 0.1) is 0 Å². The normalized spacial score (nSPS) is 12.7. The maximum absolute atomic E-state index is 13.5. The van der Waals surface area contributed by atoms with Crippen molar-refractivity contribution < 1.29 is 31.2 Å². The minimum Gasteiger partial charge on any atom is -0.357 e. The van der Waals surface area contributed by atoms with Crippen LogP contribution in [0.5, 0.6) is 0 Å². The van der Waals surface area contributed by atoms with Crippen LogP contribution in [-0.4, -0.2) is 51.0 Å². The Morgan fingerprint density at radius 1 is 1.06 bits per heavy atom. The number of nitrogens with one attached hydrogen (secondary N) is 1. The molecule has 0 saturated carbocycles. The van der Waals surface area contributed by atoms with Gasteiger partial charge in [0.15, 0.2) is 0 Å². The van der Waals surface area contributed by atoms with Crippen LogP contribution in [0.25, 0.3) is 0 Å². The molecule has 0 bridgehead atoms. The number of hydrogen-bond acceptors (Lipinski definition) is 4. The van der Waals surface area contributed by atoms with Crippen molar-refractivity contribution in [2.24, 2.45) is 0 Å². The predicted octanol–water partition coefficient (Wildman–Crippen LogP) is 4.99. The topological polar surface area (TPSA) is 86.8 Å². The first-order valence-corrected chi connectivity index (χ1v) is 13.4. The number of benzene rings is 2. The number of sulfonamides is 1. The van der Waals surface area contributed by atoms with E-state index >= 15 is 0 Å². The first-order valence-electron chi connectivity index (χ1n) is 10.4. The lowest BCUT2D eigenvalue weighted by Crippen LogP contribution is -2.51. The van der Waals surface area contributed by atoms with E-state index in [1.807, 2.05) is 0 Å². The van der Waals surface area contributed by atoms with Gasteiger partial charge in [-0.05, 0) is 36.8 Å². The van der Waals surface area contributed by atoms with Gasteiger partial charge in [-0.1, -0.05) is 47.8 Å². The van der Waals surface area contributed by atoms with E-state index in [0.717, 1.165) is 23.3 Å². The van der Waals surface area contributed by atoms with Crippen molar-refractivity contribution in [1.29, 1.82) is 0 Å². The molecule has 0 aliphatic heterocycles. The average molecular weight is 589 g/mol. The van der Waals surface area contributed by atoms with Crippen molar-refractivity contribution in [3.63, 3.8) is 0 Å². The van der Waals surface area contributed by atoms with E-state index < -0.39 is 56.9 Å². The zero-order chi connectivity index (χ0) is 27.4. The summed E-state index contributed by atoms with van der Waals surface area (Å²) < 4.78 is 65.8. The van der Waals surface area contributed by atoms with Crippen LogP contribution in [0.2, 0.25) is 15.1 Å². The molecule has 0 spiro atoms. The molecule has 0 aliphatic carbocycles. The van der Waals surface area contributed by atoms with Crippen molar-refractivity contribution in [1.82, 2.24) is 10.2 Å². The van der Waals surface area contributed by atoms with Crippen LogP contribution < -0.4 is 9.62 Å². The Morgan fingerprint density at radius 3 is 2.11 bits per heavy atom. The summed E-state index contributed by atoms with van der Waals surface area (Å²) in [7, 11) is -2.88. The van der Waals surface area contributed by atoms with Crippen LogP contribution in [0.1, 0.15) is 24.5 Å². The number of alkyl halides is 3. The largest absolute Gasteiger partial charge is 0.417 e. The molecule has 7 nitrogen and oxygen atoms in total. The van der Waals surface area contributed by atoms with Crippen LogP contribution in [0.3, 0.4) is 0 Å². The van der Waals surface area contributed by atoms with Crippen molar-refractivity contribution in [2.45, 2.75) is 32.1 Å². The molecule has 1 unspecified atom stereocenters. The van der Waals surface area contributed by atoms with E-state index in [1.165, 1.54) is 19.2 Å². The summed E-state index contributed by atoms with van der Waals surface area (Å²) in [5, 5.41) is 2.22. The first-order chi connectivity index (χ1) is 16.6. The van der Waals surface area contributed by atoms with Gasteiger partial charge in [-0.25, -0.2) is 8.42 Å². The number of carbonyl (C=O) groups excluding carboxylic acids is 2. The van der Waals surface area contributed by atoms with E-state index in [1.54, 1.807) is 13.0 Å². The number of rotatable bonds is 9. The highest BCUT2D eigenvalue weighted by atomic mass is 35.5. The lowest BCUT2D eigenvalue weighted by Gasteiger charge is -2.33. The van der Waals surface area contributed by atoms with E-state index in [2.05, 4.69) is 5.32 Å². The van der Waals surface area contributed by atoms with Gasteiger partial charge in [0.1, 0.15) is 12.6 Å². The van der Waals surface area contributed by atoms with Gasteiger partial charge in [-0.15, -0.1) is 0 Å². The van der Waals surface area contributed by atoms with Gasteiger partial charge in [0.25, 0.3) is 0 Å². The maximum atomic E-state index is 13.5. The molecular formula is C22H23Cl3F3N3O4S. The molecule has 0 fully saturated rings. The van der Waals surface area contributed by atoms with Gasteiger partial charge in [-0.3, -0.25) is 13.9 Å². The lowest BCUT2D eigenvalue weighted by molar-refractivity contribution is -0.140. The fourth-order valence-electron chi connectivity index (χ4n) is 3.44. The summed E-state index contributed by atoms with van der Waals surface area (Å²) in [6.45, 7) is 0.486. The zero-order valence-electron chi connectivity index (χ0n) is 19.4. The van der Waals surface area contributed by atoms with Crippen LogP contribution in [0.15, 0.2) is 36.4 Å². The summed E-state index contributed by atoms with van der Waals surface area (Å²) in [5.41, 5.74) is -1.38. The van der Waals surface area contributed by atoms with E-state index in [-0.39, 0.29) is 23.0 Å². The highest BCUT2D eigenvalue weighted by Crippen LogP contribution is 2.37. The second kappa shape index (κ2) is 11.9. The smallest absolute Gasteiger partial charge is 0.357 e. The molecule has 2 rings (SSSR count). The van der Waals surface area contributed by atoms with Crippen LogP contribution >= 0.6 is 34.8 Å². The van der Waals surface area contributed by atoms with Gasteiger partial charge in [0, 0.05) is 29.2 Å². The number of halogens is 6. The van der Waals surface area contributed by atoms with Crippen molar-refractivity contribution in [3.8, 4) is 0 Å². The fourth-order valence-corrected chi connectivity index (χ4v) is 5.02. The van der Waals surface area contributed by atoms with Gasteiger partial charge in [0.05, 0.1) is 22.5 Å². The lowest BCUT2D eigenvalue weighted by atomic mass is 10.1. The third-order valence-corrected chi connectivity index (χ3v) is 7.42. The van der Waals surface area contributed by atoms with Gasteiger partial charge in [-0.2, -0.15) is 13.2 Å². The molecular weight excluding hydrogens is 566 g/mol. The molecule has 0 heterocycles. The Hall–Kier alpha value is -2.21. The molecule has 2 aromatic rings. The Kier molecular flexibility index (Phi) is 9.91. The molecule has 36 heavy (non-hydrogen) atoms. The quantitative estimate of drug-likeness (QED) is 0.448. The highest BCUT2D eigenvalue weighted by molar-refractivity contribution is 7.92. The van der Waals surface area contributed by atoms with Crippen molar-refractivity contribution in [2.75, 3.05) is 24.2 Å². The number of carbonyl (C=O) groups is 2. The molecule has 2 aromatic carbocycles. The van der Waals surface area contributed by atoms with E-state index in [4.69, 9.17) is 34.8 Å². The minimum atomic E-state index is -4.86. The standard InChI is InChI=1S/C22H23Cl3F3N3O4S/c1-4-19(21(33)29-2)30(11-14-16(23)6-5-7-17(14)24)20(32)12-31(36(3,34)35)13-8-9-18(25)15(10-13)22(26,27)28/h5-10,19H,4,11-12H2,1-3H3,(H,29,33). The zero-order valence-corrected chi connectivity index (χ0v) is 22.5. The molecule has 1 atom stereocenters. The van der Waals surface area contributed by atoms with Crippen molar-refractivity contribution in [3.05, 3.63) is 62.6 Å². The van der Waals surface area contributed by atoms with Gasteiger partial charge >= 0.3 is 6.18 Å². The Morgan fingerprint density at radius 2 is 1.64 bits per heavy atom. The first kappa shape index (κ1) is 30.0. The van der Waals surface area contributed by atoms with Gasteiger partial charge in [0.2, 0.25) is 21.8 Å². The van der Waals surface area contributed by atoms with E-state index in [0.29, 0.717) is 15.9 Å². The molecule has 0 radical (unpaired) electrons. The second-order valence-corrected chi connectivity index (χ2v) is 10.8. The summed E-state index contributed by atoms with van der Waals surface area (Å²) in [6, 6.07) is 6.08. The SMILES string of the molecule is CCC(C(=O)NC)N(Cc1c(Cl)cccc1Cl)C(=O)CN(c1ccc(Cl)c(C(F)(F)F)c1)S(C)(=O)=O. The van der Waals surface area contributed by atoms with Gasteiger partial charge < -0.3 is 10.2 Å². The summed E-state index contributed by atoms with van der Waals surface area (Å²) in [6.07, 6.45) is -3.97. The number of nitrogens with zero attached hydrogens (tertiary/aromatic N) is 2. The van der Waals surface area contributed by atoms with E-state index in [9.17, 15) is 31.2 Å². The molecule has 1 N–H and O–H groups in total. The summed E-state index contributed by atoms with van der Waals surface area (Å²) >= 11 is 18.1. The fraction of sp³-hybridized carbons (Fsp3) is 0.364. The number of anilines is 1. The Bertz CT molecular complexity index is 1220. The average Bonchev–Trinajstić information content (AvgIpc) is 2.77. The minimum absolute atomic E-state index is 0.144. The Balaban J connectivity index is 2.57. The molecule has 198 valence electrons. The second-order valence-electron chi connectivity index (χ2n) is 7.69. The molecule has 2 amide bonds. The van der Waals surface area contributed by atoms with Crippen LogP contribution in [-0.2, 0) is 32.3 Å². The summed E-state index contributed by atoms with van der Waals surface area (Å²) in [4.78, 5) is 27.1. The monoisotopic (exact) mass is 587 g/mol. The van der Waals surface area contributed by atoms with Crippen molar-refractivity contribution >= 4 is 62.3 Å². The molecule has 0 aromatic heterocycles. The number of amides is 2. The third-order valence-electron chi connectivity index (χ3n) is 5.24. The number of hydrogen-bond donors (Lipinski definition) is 1. The number of likely N-dealkylation sites (N-methyl/N-ethyl adjacent to an activating group) is 1. The molecule has 0 aliphatic rings. The van der Waals surface area contributed by atoms with Crippen LogP contribution in [0.4, 0.5) is 18.9 Å².